The van der Waals surface area contributed by atoms with E-state index in [1.165, 1.54) is 46.3 Å². The molecule has 180 valence electrons. The second-order valence-electron chi connectivity index (χ2n) is 10.3. The minimum Gasteiger partial charge on any atom is -0.354 e. The van der Waals surface area contributed by atoms with Gasteiger partial charge < -0.3 is 4.98 Å². The number of benzene rings is 1. The first-order chi connectivity index (χ1) is 17.0. The Kier molecular flexibility index (Phi) is 5.44. The second-order valence-corrected chi connectivity index (χ2v) is 10.3. The van der Waals surface area contributed by atoms with Crippen molar-refractivity contribution in [2.75, 3.05) is 13.1 Å². The number of H-pyrrole nitrogens is 2. The van der Waals surface area contributed by atoms with Crippen molar-refractivity contribution in [1.29, 1.82) is 0 Å². The molecule has 0 bridgehead atoms. The summed E-state index contributed by atoms with van der Waals surface area (Å²) in [6, 6.07) is 11.7. The Morgan fingerprint density at radius 1 is 1.06 bits per heavy atom. The molecule has 1 saturated heterocycles. The molecule has 1 aliphatic heterocycles. The molecule has 2 N–H and O–H groups in total. The first-order valence-corrected chi connectivity index (χ1v) is 12.7. The van der Waals surface area contributed by atoms with Gasteiger partial charge in [0.2, 0.25) is 0 Å². The SMILES string of the molecule is Cc1cc(-c2[nH]c3ccc(C4CCN(C(C)c5ccn[nH]5)CC4)cc3c2C(C)C)cn2ncnc12. The average Bonchev–Trinajstić information content (AvgIpc) is 3.62. The normalized spacial score (nSPS) is 16.6. The maximum absolute atomic E-state index is 4.39. The van der Waals surface area contributed by atoms with Crippen LogP contribution in [0.15, 0.2) is 49.1 Å². The van der Waals surface area contributed by atoms with Crippen molar-refractivity contribution in [3.8, 4) is 11.3 Å². The lowest BCUT2D eigenvalue weighted by molar-refractivity contribution is 0.160. The predicted octanol–water partition coefficient (Wildman–Crippen LogP) is 5.97. The molecule has 7 nitrogen and oxygen atoms in total. The van der Waals surface area contributed by atoms with Gasteiger partial charge in [0.05, 0.1) is 11.4 Å². The van der Waals surface area contributed by atoms with Crippen molar-refractivity contribution in [3.05, 3.63) is 71.4 Å². The molecule has 1 fully saturated rings. The summed E-state index contributed by atoms with van der Waals surface area (Å²) in [4.78, 5) is 10.7. The third-order valence-corrected chi connectivity index (χ3v) is 7.81. The minimum atomic E-state index is 0.381. The lowest BCUT2D eigenvalue weighted by Crippen LogP contribution is -2.35. The number of aromatic nitrogens is 6. The number of hydrogen-bond donors (Lipinski definition) is 2. The zero-order chi connectivity index (χ0) is 24.1. The van der Waals surface area contributed by atoms with Crippen molar-refractivity contribution in [2.24, 2.45) is 0 Å². The van der Waals surface area contributed by atoms with Gasteiger partial charge in [-0.15, -0.1) is 0 Å². The summed E-state index contributed by atoms with van der Waals surface area (Å²) in [5.41, 5.74) is 9.63. The van der Waals surface area contributed by atoms with E-state index in [4.69, 9.17) is 0 Å². The number of piperidine rings is 1. The van der Waals surface area contributed by atoms with E-state index in [0.29, 0.717) is 17.9 Å². The van der Waals surface area contributed by atoms with Crippen LogP contribution in [-0.2, 0) is 0 Å². The fraction of sp³-hybridized carbons (Fsp3) is 0.393. The Morgan fingerprint density at radius 2 is 1.89 bits per heavy atom. The summed E-state index contributed by atoms with van der Waals surface area (Å²) >= 11 is 0. The Labute approximate surface area is 205 Å². The molecule has 0 spiro atoms. The zero-order valence-corrected chi connectivity index (χ0v) is 20.9. The van der Waals surface area contributed by atoms with Gasteiger partial charge in [0.25, 0.3) is 0 Å². The van der Waals surface area contributed by atoms with Gasteiger partial charge in [-0.3, -0.25) is 10.00 Å². The number of aromatic amines is 2. The molecule has 0 radical (unpaired) electrons. The molecule has 1 aromatic carbocycles. The van der Waals surface area contributed by atoms with Crippen LogP contribution in [0.2, 0.25) is 0 Å². The maximum atomic E-state index is 4.39. The lowest BCUT2D eigenvalue weighted by atomic mass is 9.87. The molecule has 6 rings (SSSR count). The maximum Gasteiger partial charge on any atom is 0.158 e. The summed E-state index contributed by atoms with van der Waals surface area (Å²) in [5, 5.41) is 13.0. The van der Waals surface area contributed by atoms with E-state index in [9.17, 15) is 0 Å². The number of nitrogens with zero attached hydrogens (tertiary/aromatic N) is 5. The molecular weight excluding hydrogens is 434 g/mol. The van der Waals surface area contributed by atoms with Crippen LogP contribution in [0.3, 0.4) is 0 Å². The van der Waals surface area contributed by atoms with E-state index < -0.39 is 0 Å². The van der Waals surface area contributed by atoms with Gasteiger partial charge in [0.15, 0.2) is 5.65 Å². The average molecular weight is 468 g/mol. The molecular formula is C28H33N7. The van der Waals surface area contributed by atoms with Crippen LogP contribution in [0.25, 0.3) is 27.8 Å². The van der Waals surface area contributed by atoms with Crippen LogP contribution in [-0.4, -0.2) is 47.8 Å². The Balaban J connectivity index is 1.31. The van der Waals surface area contributed by atoms with Crippen molar-refractivity contribution in [1.82, 2.24) is 34.7 Å². The first-order valence-electron chi connectivity index (χ1n) is 12.7. The Hall–Kier alpha value is -3.45. The van der Waals surface area contributed by atoms with Crippen LogP contribution >= 0.6 is 0 Å². The van der Waals surface area contributed by atoms with E-state index >= 15 is 0 Å². The molecule has 1 atom stereocenters. The number of aryl methyl sites for hydroxylation is 1. The number of hydrogen-bond acceptors (Lipinski definition) is 4. The summed E-state index contributed by atoms with van der Waals surface area (Å²) in [5.74, 6) is 0.995. The van der Waals surface area contributed by atoms with Crippen molar-refractivity contribution < 1.29 is 0 Å². The summed E-state index contributed by atoms with van der Waals surface area (Å²) < 4.78 is 1.88. The smallest absolute Gasteiger partial charge is 0.158 e. The number of likely N-dealkylation sites (tertiary alicyclic amines) is 1. The van der Waals surface area contributed by atoms with Crippen molar-refractivity contribution >= 4 is 16.6 Å². The fourth-order valence-corrected chi connectivity index (χ4v) is 5.86. The van der Waals surface area contributed by atoms with Crippen LogP contribution in [0.4, 0.5) is 0 Å². The van der Waals surface area contributed by atoms with Crippen LogP contribution in [0.5, 0.6) is 0 Å². The van der Waals surface area contributed by atoms with Crippen LogP contribution < -0.4 is 0 Å². The Bertz CT molecular complexity index is 1470. The molecule has 1 unspecified atom stereocenters. The molecule has 5 aromatic rings. The van der Waals surface area contributed by atoms with E-state index in [-0.39, 0.29) is 0 Å². The molecule has 4 aromatic heterocycles. The molecule has 7 heteroatoms. The Morgan fingerprint density at radius 3 is 2.63 bits per heavy atom. The summed E-state index contributed by atoms with van der Waals surface area (Å²) in [6.07, 6.45) is 7.91. The number of fused-ring (bicyclic) bond motifs is 2. The fourth-order valence-electron chi connectivity index (χ4n) is 5.86. The van der Waals surface area contributed by atoms with Gasteiger partial charge in [-0.05, 0) is 92.6 Å². The number of pyridine rings is 1. The van der Waals surface area contributed by atoms with Gasteiger partial charge >= 0.3 is 0 Å². The third-order valence-electron chi connectivity index (χ3n) is 7.81. The van der Waals surface area contributed by atoms with E-state index in [2.05, 4.69) is 94.4 Å². The van der Waals surface area contributed by atoms with Crippen LogP contribution in [0.1, 0.15) is 73.9 Å². The quantitative estimate of drug-likeness (QED) is 0.334. The van der Waals surface area contributed by atoms with Gasteiger partial charge in [-0.1, -0.05) is 19.9 Å². The third kappa shape index (κ3) is 3.84. The highest BCUT2D eigenvalue weighted by atomic mass is 15.3. The number of nitrogens with one attached hydrogen (secondary N) is 2. The molecule has 0 amide bonds. The highest BCUT2D eigenvalue weighted by molar-refractivity contribution is 5.92. The lowest BCUT2D eigenvalue weighted by Gasteiger charge is -2.35. The van der Waals surface area contributed by atoms with Crippen LogP contribution in [0, 0.1) is 6.92 Å². The second kappa shape index (κ2) is 8.64. The largest absolute Gasteiger partial charge is 0.354 e. The highest BCUT2D eigenvalue weighted by Crippen LogP contribution is 2.39. The van der Waals surface area contributed by atoms with Crippen molar-refractivity contribution in [2.45, 2.75) is 58.4 Å². The van der Waals surface area contributed by atoms with E-state index in [0.717, 1.165) is 29.9 Å². The molecule has 0 saturated carbocycles. The van der Waals surface area contributed by atoms with Gasteiger partial charge in [0, 0.05) is 34.9 Å². The number of rotatable bonds is 5. The minimum absolute atomic E-state index is 0.381. The van der Waals surface area contributed by atoms with Gasteiger partial charge in [-0.2, -0.15) is 10.2 Å². The first kappa shape index (κ1) is 22.0. The van der Waals surface area contributed by atoms with Gasteiger partial charge in [-0.25, -0.2) is 9.50 Å². The van der Waals surface area contributed by atoms with E-state index in [1.807, 2.05) is 10.7 Å². The highest BCUT2D eigenvalue weighted by Gasteiger charge is 2.26. The predicted molar refractivity (Wildman–Crippen MR) is 140 cm³/mol. The topological polar surface area (TPSA) is 77.9 Å². The standard InChI is InChI=1S/C28H33N7/c1-17(2)26-23-14-21(20-8-11-34(12-9-20)19(4)24-7-10-30-33-24)5-6-25(23)32-27(26)22-13-18(3)28-29-16-31-35(28)15-22/h5-7,10,13-17,19-20,32H,8-9,11-12H2,1-4H3,(H,30,33). The zero-order valence-electron chi connectivity index (χ0n) is 20.9. The molecule has 35 heavy (non-hydrogen) atoms. The summed E-state index contributed by atoms with van der Waals surface area (Å²) in [7, 11) is 0. The van der Waals surface area contributed by atoms with E-state index in [1.54, 1.807) is 6.33 Å². The molecule has 1 aliphatic rings. The van der Waals surface area contributed by atoms with Gasteiger partial charge in [0.1, 0.15) is 6.33 Å². The van der Waals surface area contributed by atoms with Crippen molar-refractivity contribution in [3.63, 3.8) is 0 Å². The summed E-state index contributed by atoms with van der Waals surface area (Å²) in [6.45, 7) is 11.2. The molecule has 5 heterocycles. The molecule has 0 aliphatic carbocycles. The monoisotopic (exact) mass is 467 g/mol.